The summed E-state index contributed by atoms with van der Waals surface area (Å²) in [5, 5.41) is 6.45. The topological polar surface area (TPSA) is 76.4 Å². The van der Waals surface area contributed by atoms with Crippen LogP contribution in [0.3, 0.4) is 0 Å². The number of hydrogen-bond acceptors (Lipinski definition) is 4. The Morgan fingerprint density at radius 1 is 1.41 bits per heavy atom. The van der Waals surface area contributed by atoms with Gasteiger partial charge < -0.3 is 21.1 Å². The van der Waals surface area contributed by atoms with Crippen molar-refractivity contribution in [1.29, 1.82) is 0 Å². The average molecular weight is 233 g/mol. The molecule has 1 aromatic carbocycles. The molecule has 17 heavy (non-hydrogen) atoms. The smallest absolute Gasteiger partial charge is 0.234 e. The van der Waals surface area contributed by atoms with Gasteiger partial charge in [0, 0.05) is 13.0 Å². The molecular weight excluding hydrogens is 218 g/mol. The van der Waals surface area contributed by atoms with Crippen LogP contribution in [0.2, 0.25) is 0 Å². The molecule has 2 aliphatic rings. The molecular formula is C12H15N3O2. The van der Waals surface area contributed by atoms with E-state index >= 15 is 0 Å². The molecule has 1 spiro atoms. The van der Waals surface area contributed by atoms with E-state index in [2.05, 4.69) is 10.6 Å². The van der Waals surface area contributed by atoms with E-state index in [1.165, 1.54) is 0 Å². The molecule has 1 amide bonds. The van der Waals surface area contributed by atoms with Gasteiger partial charge in [-0.05, 0) is 12.1 Å². The van der Waals surface area contributed by atoms with E-state index in [4.69, 9.17) is 10.5 Å². The number of hydrogen-bond donors (Lipinski definition) is 3. The third-order valence-corrected chi connectivity index (χ3v) is 3.40. The van der Waals surface area contributed by atoms with Gasteiger partial charge in [0.1, 0.15) is 11.4 Å². The number of carbonyl (C=O) groups excluding carboxylic acids is 1. The van der Waals surface area contributed by atoms with Crippen molar-refractivity contribution in [3.05, 3.63) is 24.3 Å². The summed E-state index contributed by atoms with van der Waals surface area (Å²) in [6.07, 6.45) is 0.615. The number of amides is 1. The second-order valence-electron chi connectivity index (χ2n) is 4.67. The van der Waals surface area contributed by atoms with Gasteiger partial charge in [-0.2, -0.15) is 0 Å². The Balaban J connectivity index is 1.82. The third-order valence-electron chi connectivity index (χ3n) is 3.40. The molecule has 1 fully saturated rings. The van der Waals surface area contributed by atoms with Crippen molar-refractivity contribution in [2.24, 2.45) is 5.73 Å². The first-order valence-electron chi connectivity index (χ1n) is 5.73. The first-order valence-corrected chi connectivity index (χ1v) is 5.73. The van der Waals surface area contributed by atoms with Crippen molar-refractivity contribution >= 4 is 11.6 Å². The van der Waals surface area contributed by atoms with Gasteiger partial charge in [0.05, 0.1) is 18.3 Å². The molecule has 0 saturated carbocycles. The number of anilines is 1. The van der Waals surface area contributed by atoms with E-state index in [1.807, 2.05) is 24.3 Å². The third kappa shape index (κ3) is 1.72. The fourth-order valence-corrected chi connectivity index (χ4v) is 2.47. The van der Waals surface area contributed by atoms with Crippen LogP contribution in [0, 0.1) is 0 Å². The van der Waals surface area contributed by atoms with Crippen LogP contribution < -0.4 is 21.1 Å². The standard InChI is InChI=1S/C12H15N3O2/c13-11(16)9-5-12(7-15-9)6-14-8-3-1-2-4-10(8)17-12/h1-4,9,14-15H,5-7H2,(H2,13,16). The van der Waals surface area contributed by atoms with Gasteiger partial charge in [-0.25, -0.2) is 0 Å². The van der Waals surface area contributed by atoms with Gasteiger partial charge >= 0.3 is 0 Å². The van der Waals surface area contributed by atoms with Crippen LogP contribution in [0.5, 0.6) is 5.75 Å². The highest BCUT2D eigenvalue weighted by atomic mass is 16.5. The van der Waals surface area contributed by atoms with Gasteiger partial charge in [0.25, 0.3) is 0 Å². The van der Waals surface area contributed by atoms with E-state index in [9.17, 15) is 4.79 Å². The molecule has 2 unspecified atom stereocenters. The summed E-state index contributed by atoms with van der Waals surface area (Å²) in [6, 6.07) is 7.53. The number of rotatable bonds is 1. The number of ether oxygens (including phenoxy) is 1. The minimum absolute atomic E-state index is 0.290. The summed E-state index contributed by atoms with van der Waals surface area (Å²) in [7, 11) is 0. The number of fused-ring (bicyclic) bond motifs is 1. The van der Waals surface area contributed by atoms with E-state index in [-0.39, 0.29) is 17.6 Å². The van der Waals surface area contributed by atoms with Crippen LogP contribution in [0.15, 0.2) is 24.3 Å². The Bertz CT molecular complexity index is 463. The molecule has 0 aromatic heterocycles. The van der Waals surface area contributed by atoms with E-state index < -0.39 is 0 Å². The van der Waals surface area contributed by atoms with Gasteiger partial charge in [-0.1, -0.05) is 12.1 Å². The molecule has 90 valence electrons. The van der Waals surface area contributed by atoms with Crippen molar-refractivity contribution < 1.29 is 9.53 Å². The number of para-hydroxylation sites is 2. The largest absolute Gasteiger partial charge is 0.482 e. The lowest BCUT2D eigenvalue weighted by Crippen LogP contribution is -2.47. The van der Waals surface area contributed by atoms with Crippen molar-refractivity contribution in [2.45, 2.75) is 18.1 Å². The fraction of sp³-hybridized carbons (Fsp3) is 0.417. The molecule has 5 heteroatoms. The molecule has 1 aromatic rings. The zero-order valence-corrected chi connectivity index (χ0v) is 9.40. The molecule has 4 N–H and O–H groups in total. The van der Waals surface area contributed by atoms with E-state index in [0.29, 0.717) is 19.5 Å². The van der Waals surface area contributed by atoms with Crippen LogP contribution in [-0.4, -0.2) is 30.6 Å². The zero-order chi connectivity index (χ0) is 11.9. The number of nitrogens with two attached hydrogens (primary N) is 1. The van der Waals surface area contributed by atoms with Gasteiger partial charge in [0.15, 0.2) is 0 Å². The SMILES string of the molecule is NC(=O)C1CC2(CNc3ccccc3O2)CN1. The summed E-state index contributed by atoms with van der Waals surface area (Å²) in [5.74, 6) is 0.523. The molecule has 5 nitrogen and oxygen atoms in total. The average Bonchev–Trinajstić information content (AvgIpc) is 2.73. The van der Waals surface area contributed by atoms with E-state index in [0.717, 1.165) is 11.4 Å². The maximum Gasteiger partial charge on any atom is 0.234 e. The molecule has 0 bridgehead atoms. The van der Waals surface area contributed by atoms with Crippen LogP contribution in [0.1, 0.15) is 6.42 Å². The highest BCUT2D eigenvalue weighted by Crippen LogP contribution is 2.36. The van der Waals surface area contributed by atoms with Crippen LogP contribution in [-0.2, 0) is 4.79 Å². The molecule has 2 atom stereocenters. The lowest BCUT2D eigenvalue weighted by molar-refractivity contribution is -0.119. The lowest BCUT2D eigenvalue weighted by atomic mass is 9.97. The number of primary amides is 1. The zero-order valence-electron chi connectivity index (χ0n) is 9.40. The minimum Gasteiger partial charge on any atom is -0.482 e. The monoisotopic (exact) mass is 233 g/mol. The summed E-state index contributed by atoms with van der Waals surface area (Å²) in [6.45, 7) is 1.34. The maximum absolute atomic E-state index is 11.2. The Labute approximate surface area is 99.3 Å². The van der Waals surface area contributed by atoms with Crippen LogP contribution in [0.4, 0.5) is 5.69 Å². The highest BCUT2D eigenvalue weighted by Gasteiger charge is 2.45. The van der Waals surface area contributed by atoms with Crippen LogP contribution in [0.25, 0.3) is 0 Å². The van der Waals surface area contributed by atoms with Gasteiger partial charge in [0.2, 0.25) is 5.91 Å². The number of carbonyl (C=O) groups is 1. The van der Waals surface area contributed by atoms with Gasteiger partial charge in [-0.3, -0.25) is 4.79 Å². The van der Waals surface area contributed by atoms with Crippen molar-refractivity contribution in [2.75, 3.05) is 18.4 Å². The quantitative estimate of drug-likeness (QED) is 0.642. The summed E-state index contributed by atoms with van der Waals surface area (Å²) in [4.78, 5) is 11.2. The van der Waals surface area contributed by atoms with Crippen molar-refractivity contribution in [3.8, 4) is 5.75 Å². The van der Waals surface area contributed by atoms with Crippen LogP contribution >= 0.6 is 0 Å². The minimum atomic E-state index is -0.353. The number of benzene rings is 1. The Hall–Kier alpha value is -1.75. The molecule has 2 aliphatic heterocycles. The first kappa shape index (κ1) is 10.4. The molecule has 3 rings (SSSR count). The fourth-order valence-electron chi connectivity index (χ4n) is 2.47. The lowest BCUT2D eigenvalue weighted by Gasteiger charge is -2.35. The molecule has 0 radical (unpaired) electrons. The second-order valence-corrected chi connectivity index (χ2v) is 4.67. The van der Waals surface area contributed by atoms with E-state index in [1.54, 1.807) is 0 Å². The van der Waals surface area contributed by atoms with Crippen molar-refractivity contribution in [1.82, 2.24) is 5.32 Å². The first-order chi connectivity index (χ1) is 8.19. The molecule has 1 saturated heterocycles. The van der Waals surface area contributed by atoms with Gasteiger partial charge in [-0.15, -0.1) is 0 Å². The molecule has 2 heterocycles. The Morgan fingerprint density at radius 3 is 3.00 bits per heavy atom. The second kappa shape index (κ2) is 3.63. The van der Waals surface area contributed by atoms with Crippen molar-refractivity contribution in [3.63, 3.8) is 0 Å². The highest BCUT2D eigenvalue weighted by molar-refractivity contribution is 5.80. The Morgan fingerprint density at radius 2 is 2.24 bits per heavy atom. The summed E-state index contributed by atoms with van der Waals surface area (Å²) in [5.41, 5.74) is 5.95. The Kier molecular flexibility index (Phi) is 2.22. The predicted molar refractivity (Wildman–Crippen MR) is 63.9 cm³/mol. The molecule has 0 aliphatic carbocycles. The summed E-state index contributed by atoms with van der Waals surface area (Å²) < 4.78 is 6.03. The summed E-state index contributed by atoms with van der Waals surface area (Å²) >= 11 is 0. The normalized spacial score (nSPS) is 30.5. The number of nitrogens with one attached hydrogen (secondary N) is 2. The maximum atomic E-state index is 11.2. The predicted octanol–water partition coefficient (Wildman–Crippen LogP) is 0.0769.